The van der Waals surface area contributed by atoms with Crippen LogP contribution in [-0.2, 0) is 4.74 Å². The first-order valence-corrected chi connectivity index (χ1v) is 5.94. The molecule has 18 heavy (non-hydrogen) atoms. The molecule has 0 aliphatic carbocycles. The molecule has 0 aliphatic heterocycles. The van der Waals surface area contributed by atoms with Crippen LogP contribution in [0.5, 0.6) is 0 Å². The van der Waals surface area contributed by atoms with Crippen molar-refractivity contribution in [2.45, 2.75) is 19.4 Å². The molecule has 1 heterocycles. The van der Waals surface area contributed by atoms with E-state index >= 15 is 0 Å². The zero-order valence-corrected chi connectivity index (χ0v) is 11.0. The second-order valence-electron chi connectivity index (χ2n) is 5.05. The highest BCUT2D eigenvalue weighted by molar-refractivity contribution is 5.97. The van der Waals surface area contributed by atoms with Crippen LogP contribution in [0.1, 0.15) is 13.8 Å². The Morgan fingerprint density at radius 2 is 2.06 bits per heavy atom. The lowest BCUT2D eigenvalue weighted by Gasteiger charge is -2.28. The Bertz CT molecular complexity index is 552. The average molecular weight is 245 g/mol. The second-order valence-corrected chi connectivity index (χ2v) is 5.05. The summed E-state index contributed by atoms with van der Waals surface area (Å²) in [5.74, 6) is 0. The molecule has 1 aromatic carbocycles. The zero-order chi connectivity index (χ0) is 13.2. The number of aromatic nitrogens is 1. The molecule has 0 amide bonds. The standard InChI is InChI=1S/C14H19N3O/c1-14(2,9-18-3)17-13-10-6-4-5-7-12(10)16-8-11(13)15/h4-8H,9,15H2,1-3H3,(H,16,17). The summed E-state index contributed by atoms with van der Waals surface area (Å²) < 4.78 is 5.21. The van der Waals surface area contributed by atoms with Crippen LogP contribution in [0.3, 0.4) is 0 Å². The SMILES string of the molecule is COCC(C)(C)Nc1c(N)cnc2ccccc12. The predicted octanol–water partition coefficient (Wildman–Crippen LogP) is 2.65. The number of ether oxygens (including phenoxy) is 1. The maximum Gasteiger partial charge on any atom is 0.0743 e. The molecule has 0 spiro atoms. The van der Waals surface area contributed by atoms with Gasteiger partial charge in [-0.25, -0.2) is 0 Å². The third-order valence-electron chi connectivity index (χ3n) is 2.77. The third-order valence-corrected chi connectivity index (χ3v) is 2.77. The fourth-order valence-corrected chi connectivity index (χ4v) is 2.03. The van der Waals surface area contributed by atoms with E-state index in [1.807, 2.05) is 24.3 Å². The zero-order valence-electron chi connectivity index (χ0n) is 11.0. The minimum absolute atomic E-state index is 0.188. The van der Waals surface area contributed by atoms with Crippen molar-refractivity contribution in [3.8, 4) is 0 Å². The fourth-order valence-electron chi connectivity index (χ4n) is 2.03. The Kier molecular flexibility index (Phi) is 3.39. The van der Waals surface area contributed by atoms with Gasteiger partial charge in [-0.05, 0) is 19.9 Å². The van der Waals surface area contributed by atoms with Crippen molar-refractivity contribution in [1.82, 2.24) is 4.98 Å². The van der Waals surface area contributed by atoms with E-state index in [9.17, 15) is 0 Å². The molecule has 4 heteroatoms. The van der Waals surface area contributed by atoms with Crippen molar-refractivity contribution in [2.75, 3.05) is 24.8 Å². The lowest BCUT2D eigenvalue weighted by Crippen LogP contribution is -2.36. The maximum atomic E-state index is 6.02. The Labute approximate surface area is 107 Å². The first-order chi connectivity index (χ1) is 8.53. The van der Waals surface area contributed by atoms with E-state index in [4.69, 9.17) is 10.5 Å². The maximum absolute atomic E-state index is 6.02. The van der Waals surface area contributed by atoms with Gasteiger partial charge in [-0.15, -0.1) is 0 Å². The van der Waals surface area contributed by atoms with Crippen molar-refractivity contribution in [1.29, 1.82) is 0 Å². The van der Waals surface area contributed by atoms with E-state index < -0.39 is 0 Å². The Hall–Kier alpha value is -1.81. The van der Waals surface area contributed by atoms with Crippen LogP contribution < -0.4 is 11.1 Å². The number of hydrogen-bond acceptors (Lipinski definition) is 4. The normalized spacial score (nSPS) is 11.7. The minimum Gasteiger partial charge on any atom is -0.396 e. The Morgan fingerprint density at radius 3 is 2.78 bits per heavy atom. The summed E-state index contributed by atoms with van der Waals surface area (Å²) in [5, 5.41) is 4.47. The largest absolute Gasteiger partial charge is 0.396 e. The number of hydrogen-bond donors (Lipinski definition) is 2. The number of para-hydroxylation sites is 1. The van der Waals surface area contributed by atoms with Crippen LogP contribution in [-0.4, -0.2) is 24.2 Å². The summed E-state index contributed by atoms with van der Waals surface area (Å²) in [6.45, 7) is 4.75. The summed E-state index contributed by atoms with van der Waals surface area (Å²) in [6, 6.07) is 7.95. The van der Waals surface area contributed by atoms with Gasteiger partial charge in [0.05, 0.1) is 35.2 Å². The number of pyridine rings is 1. The van der Waals surface area contributed by atoms with E-state index in [0.29, 0.717) is 12.3 Å². The molecule has 2 aromatic rings. The summed E-state index contributed by atoms with van der Waals surface area (Å²) in [7, 11) is 1.69. The molecule has 0 radical (unpaired) electrons. The lowest BCUT2D eigenvalue weighted by molar-refractivity contribution is 0.158. The molecule has 0 aliphatic rings. The number of rotatable bonds is 4. The molecule has 96 valence electrons. The second kappa shape index (κ2) is 4.82. The number of fused-ring (bicyclic) bond motifs is 1. The quantitative estimate of drug-likeness (QED) is 0.869. The van der Waals surface area contributed by atoms with Crippen molar-refractivity contribution < 1.29 is 4.74 Å². The molecule has 0 unspecified atom stereocenters. The molecule has 1 aromatic heterocycles. The molecular formula is C14H19N3O. The summed E-state index contributed by atoms with van der Waals surface area (Å²) in [4.78, 5) is 4.32. The number of nitrogen functional groups attached to an aromatic ring is 1. The summed E-state index contributed by atoms with van der Waals surface area (Å²) >= 11 is 0. The first kappa shape index (κ1) is 12.6. The van der Waals surface area contributed by atoms with Crippen molar-refractivity contribution in [2.24, 2.45) is 0 Å². The summed E-state index contributed by atoms with van der Waals surface area (Å²) in [6.07, 6.45) is 1.69. The Morgan fingerprint density at radius 1 is 1.33 bits per heavy atom. The van der Waals surface area contributed by atoms with E-state index in [1.54, 1.807) is 13.3 Å². The van der Waals surface area contributed by atoms with Gasteiger partial charge in [0.2, 0.25) is 0 Å². The molecule has 4 nitrogen and oxygen atoms in total. The highest BCUT2D eigenvalue weighted by Crippen LogP contribution is 2.30. The molecule has 3 N–H and O–H groups in total. The van der Waals surface area contributed by atoms with Gasteiger partial charge in [0.25, 0.3) is 0 Å². The van der Waals surface area contributed by atoms with Crippen LogP contribution in [0.4, 0.5) is 11.4 Å². The van der Waals surface area contributed by atoms with Crippen LogP contribution in [0, 0.1) is 0 Å². The molecule has 0 bridgehead atoms. The number of methoxy groups -OCH3 is 1. The lowest BCUT2D eigenvalue weighted by atomic mass is 10.0. The molecular weight excluding hydrogens is 226 g/mol. The Balaban J connectivity index is 2.46. The molecule has 2 rings (SSSR count). The highest BCUT2D eigenvalue weighted by atomic mass is 16.5. The van der Waals surface area contributed by atoms with Gasteiger partial charge in [-0.1, -0.05) is 18.2 Å². The topological polar surface area (TPSA) is 60.2 Å². The van der Waals surface area contributed by atoms with Crippen LogP contribution in [0.15, 0.2) is 30.5 Å². The average Bonchev–Trinajstić information content (AvgIpc) is 2.33. The molecule has 0 saturated heterocycles. The van der Waals surface area contributed by atoms with Crippen LogP contribution in [0.25, 0.3) is 10.9 Å². The monoisotopic (exact) mass is 245 g/mol. The van der Waals surface area contributed by atoms with E-state index in [-0.39, 0.29) is 5.54 Å². The van der Waals surface area contributed by atoms with Crippen molar-refractivity contribution >= 4 is 22.3 Å². The van der Waals surface area contributed by atoms with Gasteiger partial charge in [0.1, 0.15) is 0 Å². The van der Waals surface area contributed by atoms with Gasteiger partial charge >= 0.3 is 0 Å². The van der Waals surface area contributed by atoms with Crippen molar-refractivity contribution in [3.05, 3.63) is 30.5 Å². The molecule has 0 atom stereocenters. The van der Waals surface area contributed by atoms with Crippen molar-refractivity contribution in [3.63, 3.8) is 0 Å². The molecule has 0 saturated carbocycles. The highest BCUT2D eigenvalue weighted by Gasteiger charge is 2.19. The number of nitrogens with zero attached hydrogens (tertiary/aromatic N) is 1. The number of anilines is 2. The predicted molar refractivity (Wildman–Crippen MR) is 75.7 cm³/mol. The first-order valence-electron chi connectivity index (χ1n) is 5.94. The number of benzene rings is 1. The van der Waals surface area contributed by atoms with Crippen LogP contribution in [0.2, 0.25) is 0 Å². The van der Waals surface area contributed by atoms with Gasteiger partial charge < -0.3 is 15.8 Å². The summed E-state index contributed by atoms with van der Waals surface area (Å²) in [5.41, 5.74) is 8.34. The smallest absolute Gasteiger partial charge is 0.0743 e. The minimum atomic E-state index is -0.188. The fraction of sp³-hybridized carbons (Fsp3) is 0.357. The number of nitrogens with two attached hydrogens (primary N) is 1. The van der Waals surface area contributed by atoms with E-state index in [0.717, 1.165) is 16.6 Å². The van der Waals surface area contributed by atoms with E-state index in [1.165, 1.54) is 0 Å². The number of nitrogens with one attached hydrogen (secondary N) is 1. The third kappa shape index (κ3) is 2.54. The van der Waals surface area contributed by atoms with Gasteiger partial charge in [-0.2, -0.15) is 0 Å². The van der Waals surface area contributed by atoms with Gasteiger partial charge in [0, 0.05) is 12.5 Å². The van der Waals surface area contributed by atoms with Gasteiger partial charge in [-0.3, -0.25) is 4.98 Å². The van der Waals surface area contributed by atoms with Crippen LogP contribution >= 0.6 is 0 Å². The van der Waals surface area contributed by atoms with E-state index in [2.05, 4.69) is 24.1 Å². The molecule has 0 fully saturated rings. The van der Waals surface area contributed by atoms with Gasteiger partial charge in [0.15, 0.2) is 0 Å².